The Labute approximate surface area is 222 Å². The lowest BCUT2D eigenvalue weighted by Crippen LogP contribution is -2.70. The molecule has 2 aliphatic rings. The summed E-state index contributed by atoms with van der Waals surface area (Å²) >= 11 is 3.70. The largest absolute Gasteiger partial charge is 0.456 e. The maximum absolute atomic E-state index is 13.0. The highest BCUT2D eigenvalue weighted by Gasteiger charge is 2.54. The van der Waals surface area contributed by atoms with Gasteiger partial charge >= 0.3 is 12.1 Å². The number of rotatable bonds is 6. The predicted octanol–water partition coefficient (Wildman–Crippen LogP) is 3.22. The van der Waals surface area contributed by atoms with Crippen LogP contribution in [0.25, 0.3) is 22.1 Å². The Morgan fingerprint density at radius 3 is 2.19 bits per heavy atom. The van der Waals surface area contributed by atoms with Crippen LogP contribution in [0.4, 0.5) is 4.79 Å². The monoisotopic (exact) mass is 554 g/mol. The summed E-state index contributed by atoms with van der Waals surface area (Å²) in [5.74, 6) is -0.435. The zero-order chi connectivity index (χ0) is 25.5. The van der Waals surface area contributed by atoms with Gasteiger partial charge in [-0.1, -0.05) is 12.1 Å². The van der Waals surface area contributed by atoms with Gasteiger partial charge in [0.25, 0.3) is 5.91 Å². The standard InChI is InChI=1S/C23H18N6O5S3/c1-11-10-35-21-18(24-23(32)34-9-13-3-5-15-17(7-13)28-37-26-15)20(30)29(21)19(11)22(31)33-8-12-2-4-14-16(6-12)27-36-25-14/h2-7,18,21H,8-10H2,1H3,(H,24,32). The minimum Gasteiger partial charge on any atom is -0.456 e. The molecule has 2 aliphatic heterocycles. The number of carbonyl (C=O) groups excluding carboxylic acids is 3. The number of ether oxygens (including phenoxy) is 2. The van der Waals surface area contributed by atoms with Crippen molar-refractivity contribution in [2.75, 3.05) is 5.75 Å². The van der Waals surface area contributed by atoms with Crippen LogP contribution in [0.2, 0.25) is 0 Å². The molecule has 0 radical (unpaired) electrons. The Hall–Kier alpha value is -3.62. The summed E-state index contributed by atoms with van der Waals surface area (Å²) in [6, 6.07) is 10.1. The van der Waals surface area contributed by atoms with Crippen molar-refractivity contribution < 1.29 is 23.9 Å². The molecule has 1 fully saturated rings. The number of hydrogen-bond donors (Lipinski definition) is 1. The minimum absolute atomic E-state index is 0.0288. The number of nitrogens with one attached hydrogen (secondary N) is 1. The van der Waals surface area contributed by atoms with E-state index in [9.17, 15) is 14.4 Å². The fourth-order valence-electron chi connectivity index (χ4n) is 4.13. The number of β-lactam (4-membered cyclic amide) rings is 1. The van der Waals surface area contributed by atoms with Gasteiger partial charge in [0.1, 0.15) is 52.4 Å². The van der Waals surface area contributed by atoms with E-state index in [0.717, 1.165) is 62.2 Å². The average molecular weight is 555 g/mol. The lowest BCUT2D eigenvalue weighted by Gasteiger charge is -2.49. The van der Waals surface area contributed by atoms with Crippen LogP contribution in [0, 0.1) is 0 Å². The van der Waals surface area contributed by atoms with E-state index in [4.69, 9.17) is 9.47 Å². The maximum atomic E-state index is 13.0. The van der Waals surface area contributed by atoms with Crippen LogP contribution in [0.1, 0.15) is 18.1 Å². The van der Waals surface area contributed by atoms with Gasteiger partial charge in [-0.3, -0.25) is 9.69 Å². The molecule has 0 bridgehead atoms. The van der Waals surface area contributed by atoms with Crippen molar-refractivity contribution in [2.24, 2.45) is 0 Å². The SMILES string of the molecule is CC1=C(C(=O)OCc2ccc3nsnc3c2)N2C(=O)C(NC(=O)OCc3ccc4nsnc4c3)C2SC1. The lowest BCUT2D eigenvalue weighted by atomic mass is 10.0. The Kier molecular flexibility index (Phi) is 6.22. The van der Waals surface area contributed by atoms with Gasteiger partial charge in [0.05, 0.1) is 23.5 Å². The summed E-state index contributed by atoms with van der Waals surface area (Å²) in [7, 11) is 0. The molecule has 0 spiro atoms. The van der Waals surface area contributed by atoms with Crippen molar-refractivity contribution >= 4 is 75.3 Å². The maximum Gasteiger partial charge on any atom is 0.408 e. The smallest absolute Gasteiger partial charge is 0.408 e. The first-order chi connectivity index (χ1) is 18.0. The molecule has 4 heterocycles. The first-order valence-electron chi connectivity index (χ1n) is 11.1. The molecule has 2 atom stereocenters. The first kappa shape index (κ1) is 23.8. The van der Waals surface area contributed by atoms with Gasteiger partial charge in [-0.05, 0) is 47.9 Å². The van der Waals surface area contributed by atoms with Crippen LogP contribution in [0.3, 0.4) is 0 Å². The second kappa shape index (κ2) is 9.68. The topological polar surface area (TPSA) is 136 Å². The Bertz CT molecular complexity index is 1580. The fourth-order valence-corrected chi connectivity index (χ4v) is 6.46. The second-order valence-electron chi connectivity index (χ2n) is 8.49. The van der Waals surface area contributed by atoms with Crippen molar-refractivity contribution in [1.29, 1.82) is 0 Å². The molecule has 2 amide bonds. The third kappa shape index (κ3) is 4.51. The number of amides is 2. The summed E-state index contributed by atoms with van der Waals surface area (Å²) in [6.07, 6.45) is -0.711. The number of alkyl carbamates (subject to hydrolysis) is 1. The highest BCUT2D eigenvalue weighted by atomic mass is 32.2. The minimum atomic E-state index is -0.793. The van der Waals surface area contributed by atoms with Crippen molar-refractivity contribution in [3.63, 3.8) is 0 Å². The zero-order valence-corrected chi connectivity index (χ0v) is 21.7. The molecule has 2 unspecified atom stereocenters. The molecule has 14 heteroatoms. The van der Waals surface area contributed by atoms with Crippen LogP contribution in [-0.4, -0.2) is 57.5 Å². The third-order valence-electron chi connectivity index (χ3n) is 6.00. The highest BCUT2D eigenvalue weighted by Crippen LogP contribution is 2.40. The normalized spacial score (nSPS) is 19.1. The summed E-state index contributed by atoms with van der Waals surface area (Å²) < 4.78 is 27.5. The molecular weight excluding hydrogens is 536 g/mol. The summed E-state index contributed by atoms with van der Waals surface area (Å²) in [4.78, 5) is 39.7. The zero-order valence-electron chi connectivity index (χ0n) is 19.2. The van der Waals surface area contributed by atoms with Crippen molar-refractivity contribution in [3.8, 4) is 0 Å². The van der Waals surface area contributed by atoms with Gasteiger partial charge in [-0.15, -0.1) is 11.8 Å². The number of hydrogen-bond acceptors (Lipinski definition) is 12. The number of benzene rings is 2. The molecule has 2 aromatic heterocycles. The summed E-state index contributed by atoms with van der Waals surface area (Å²) in [6.45, 7) is 1.87. The molecule has 37 heavy (non-hydrogen) atoms. The van der Waals surface area contributed by atoms with Gasteiger partial charge in [-0.2, -0.15) is 17.5 Å². The molecule has 11 nitrogen and oxygen atoms in total. The third-order valence-corrected chi connectivity index (χ3v) is 8.54. The number of nitrogens with zero attached hydrogens (tertiary/aromatic N) is 5. The van der Waals surface area contributed by atoms with Crippen molar-refractivity contribution in [3.05, 3.63) is 58.8 Å². The Balaban J connectivity index is 1.06. The van der Waals surface area contributed by atoms with Crippen molar-refractivity contribution in [1.82, 2.24) is 27.7 Å². The van der Waals surface area contributed by atoms with Crippen LogP contribution >= 0.6 is 35.2 Å². The van der Waals surface area contributed by atoms with Crippen LogP contribution in [0.5, 0.6) is 0 Å². The van der Waals surface area contributed by atoms with Gasteiger partial charge in [0.15, 0.2) is 0 Å². The molecule has 0 aliphatic carbocycles. The molecule has 6 rings (SSSR count). The van der Waals surface area contributed by atoms with Crippen LogP contribution < -0.4 is 5.32 Å². The molecule has 0 saturated carbocycles. The molecule has 1 saturated heterocycles. The molecule has 1 N–H and O–H groups in total. The van der Waals surface area contributed by atoms with E-state index in [2.05, 4.69) is 22.8 Å². The number of esters is 1. The van der Waals surface area contributed by atoms with E-state index in [-0.39, 0.29) is 24.8 Å². The lowest BCUT2D eigenvalue weighted by molar-refractivity contribution is -0.152. The Morgan fingerprint density at radius 1 is 0.946 bits per heavy atom. The van der Waals surface area contributed by atoms with E-state index in [0.29, 0.717) is 5.75 Å². The van der Waals surface area contributed by atoms with Gasteiger partial charge in [0.2, 0.25) is 0 Å². The molecule has 188 valence electrons. The molecular formula is C23H18N6O5S3. The van der Waals surface area contributed by atoms with E-state index >= 15 is 0 Å². The molecule has 4 aromatic rings. The number of carbonyl (C=O) groups is 3. The van der Waals surface area contributed by atoms with E-state index in [1.807, 2.05) is 30.3 Å². The van der Waals surface area contributed by atoms with Crippen LogP contribution in [-0.2, 0) is 32.3 Å². The van der Waals surface area contributed by atoms with Gasteiger partial charge in [-0.25, -0.2) is 9.59 Å². The van der Waals surface area contributed by atoms with Gasteiger partial charge in [0, 0.05) is 5.75 Å². The van der Waals surface area contributed by atoms with E-state index in [1.54, 1.807) is 13.0 Å². The number of fused-ring (bicyclic) bond motifs is 3. The number of aromatic nitrogens is 4. The van der Waals surface area contributed by atoms with E-state index < -0.39 is 23.5 Å². The summed E-state index contributed by atoms with van der Waals surface area (Å²) in [5.41, 5.74) is 5.54. The average Bonchev–Trinajstić information content (AvgIpc) is 3.57. The van der Waals surface area contributed by atoms with Gasteiger partial charge < -0.3 is 14.8 Å². The quantitative estimate of drug-likeness (QED) is 0.279. The van der Waals surface area contributed by atoms with E-state index in [1.165, 1.54) is 16.7 Å². The van der Waals surface area contributed by atoms with Crippen LogP contribution in [0.15, 0.2) is 47.7 Å². The fraction of sp³-hybridized carbons (Fsp3) is 0.261. The predicted molar refractivity (Wildman–Crippen MR) is 138 cm³/mol. The highest BCUT2D eigenvalue weighted by molar-refractivity contribution is 8.00. The number of thioether (sulfide) groups is 1. The summed E-state index contributed by atoms with van der Waals surface area (Å²) in [5, 5.41) is 2.21. The molecule has 2 aromatic carbocycles. The second-order valence-corrected chi connectivity index (χ2v) is 10.6. The Morgan fingerprint density at radius 2 is 1.54 bits per heavy atom. The first-order valence-corrected chi connectivity index (χ1v) is 13.7. The van der Waals surface area contributed by atoms with Crippen molar-refractivity contribution in [2.45, 2.75) is 31.6 Å².